The van der Waals surface area contributed by atoms with Gasteiger partial charge in [0.05, 0.1) is 21.3 Å². The van der Waals surface area contributed by atoms with Crippen molar-refractivity contribution in [2.45, 2.75) is 132 Å². The van der Waals surface area contributed by atoms with Crippen LogP contribution in [0.3, 0.4) is 0 Å². The van der Waals surface area contributed by atoms with Crippen molar-refractivity contribution in [2.75, 3.05) is 29.5 Å². The number of benzene rings is 3. The number of carboxylic acid groups (broad SMARTS) is 1. The molecule has 1 atom stereocenters. The van der Waals surface area contributed by atoms with Gasteiger partial charge in [-0.05, 0) is 140 Å². The summed E-state index contributed by atoms with van der Waals surface area (Å²) in [5.74, 6) is -1.42. The van der Waals surface area contributed by atoms with Gasteiger partial charge in [0.1, 0.15) is 17.6 Å². The van der Waals surface area contributed by atoms with Gasteiger partial charge in [0.2, 0.25) is 5.91 Å². The first-order valence-corrected chi connectivity index (χ1v) is 30.9. The number of allylic oxidation sites excluding steroid dienone is 7. The van der Waals surface area contributed by atoms with Crippen molar-refractivity contribution < 1.29 is 71.3 Å². The van der Waals surface area contributed by atoms with Crippen LogP contribution < -0.4 is 15.0 Å². The molecule has 19 nitrogen and oxygen atoms in total. The predicted molar refractivity (Wildman–Crippen MR) is 290 cm³/mol. The molecular weight excluding hydrogens is 1060 g/mol. The predicted octanol–water partition coefficient (Wildman–Crippen LogP) is 8.46. The quantitative estimate of drug-likeness (QED) is 0.0249. The van der Waals surface area contributed by atoms with E-state index in [9.17, 15) is 66.6 Å². The summed E-state index contributed by atoms with van der Waals surface area (Å²) in [7, 11) is -17.6. The molecule has 3 aromatic carbocycles. The van der Waals surface area contributed by atoms with Crippen LogP contribution in [0, 0.1) is 5.92 Å². The number of anilines is 1. The summed E-state index contributed by atoms with van der Waals surface area (Å²) in [5, 5.41) is 12.6. The lowest BCUT2D eigenvalue weighted by atomic mass is 9.79. The van der Waals surface area contributed by atoms with E-state index in [4.69, 9.17) is 9.73 Å². The number of carbonyl (C=O) groups excluding carboxylic acids is 1. The Bertz CT molecular complexity index is 3250. The van der Waals surface area contributed by atoms with Crippen molar-refractivity contribution in [3.63, 3.8) is 0 Å². The van der Waals surface area contributed by atoms with E-state index in [2.05, 4.69) is 5.32 Å². The second kappa shape index (κ2) is 25.3. The number of hydrogen-bond donors (Lipinski definition) is 6. The maximum atomic E-state index is 12.6. The van der Waals surface area contributed by atoms with Gasteiger partial charge < -0.3 is 20.1 Å². The number of unbranched alkanes of at least 4 members (excludes halogenated alkanes) is 2. The second-order valence-electron chi connectivity index (χ2n) is 20.4. The average Bonchev–Trinajstić information content (AvgIpc) is 3.53. The summed E-state index contributed by atoms with van der Waals surface area (Å²) in [5.41, 5.74) is 2.98. The average molecular weight is 1130 g/mol. The van der Waals surface area contributed by atoms with E-state index in [-0.39, 0.29) is 66.8 Å². The molecule has 0 saturated carbocycles. The molecular formula is C53H69N3O16S4. The minimum Gasteiger partial charge on any atom is -0.480 e. The molecule has 2 aliphatic rings. The van der Waals surface area contributed by atoms with E-state index < -0.39 is 74.8 Å². The highest BCUT2D eigenvalue weighted by atomic mass is 32.2. The zero-order valence-electron chi connectivity index (χ0n) is 43.5. The minimum atomic E-state index is -4.59. The number of carbonyl (C=O) groups is 2. The molecule has 0 spiro atoms. The number of carboxylic acids is 1. The Morgan fingerprint density at radius 1 is 0.816 bits per heavy atom. The standard InChI is InChI=1S/C53H69N3O16S4/c1-36(2)17-28-49(57)55-45(51(58)59)33-37-18-22-41(23-19-37)72-50-38(20-26-47(54-29-7-9-31-73(60,61)62)52(3,4)40-15-12-16-42(34-40)75(66,67)68)13-11-14-39(50)21-27-48-53(5,6)44-35-43(76(69,70)71)24-25-46(44)56(48)30-8-10-32-74(63,64)65/h12,15-16,18-27,34-36,45H,7-11,13-14,17,28-33H2,1-6H3,(H,55,57)(H,58,59)(H,60,61,62)(H,63,64,65)(H,66,67,68)(H,69,70,71)/b26-20+,39-21+,48-27+,54-47+. The number of amides is 1. The van der Waals surface area contributed by atoms with E-state index in [1.165, 1.54) is 30.3 Å². The first-order valence-electron chi connectivity index (χ1n) is 24.8. The van der Waals surface area contributed by atoms with Gasteiger partial charge in [-0.25, -0.2) is 4.79 Å². The summed E-state index contributed by atoms with van der Waals surface area (Å²) >= 11 is 0. The van der Waals surface area contributed by atoms with Gasteiger partial charge in [-0.1, -0.05) is 78.0 Å². The van der Waals surface area contributed by atoms with Crippen molar-refractivity contribution in [3.8, 4) is 5.75 Å². The van der Waals surface area contributed by atoms with Gasteiger partial charge in [-0.15, -0.1) is 0 Å². The SMILES string of the molecule is CC(C)CCC(=O)NC(Cc1ccc(OC2=C(/C=C/C(=N\CCCCS(=O)(=O)O)C(C)(C)c3cccc(S(=O)(=O)O)c3)CCC/C2=C\C=C2\N(CCCCS(=O)(=O)O)c3ccc(S(=O)(=O)O)cc3C2(C)C)cc1)C(=O)O. The summed E-state index contributed by atoms with van der Waals surface area (Å²) in [6.45, 7) is 11.7. The smallest absolute Gasteiger partial charge is 0.326 e. The van der Waals surface area contributed by atoms with Crippen LogP contribution in [0.5, 0.6) is 5.75 Å². The van der Waals surface area contributed by atoms with Crippen molar-refractivity contribution in [2.24, 2.45) is 10.9 Å². The van der Waals surface area contributed by atoms with Gasteiger partial charge in [0.25, 0.3) is 40.5 Å². The summed E-state index contributed by atoms with van der Waals surface area (Å²) < 4.78 is 141. The van der Waals surface area contributed by atoms with Crippen molar-refractivity contribution in [1.29, 1.82) is 0 Å². The third-order valence-corrected chi connectivity index (χ3v) is 16.6. The van der Waals surface area contributed by atoms with Crippen LogP contribution in [0.1, 0.15) is 116 Å². The maximum absolute atomic E-state index is 12.6. The van der Waals surface area contributed by atoms with Crippen molar-refractivity contribution in [3.05, 3.63) is 130 Å². The Labute approximate surface area is 446 Å². The number of nitrogens with one attached hydrogen (secondary N) is 1. The molecule has 0 radical (unpaired) electrons. The monoisotopic (exact) mass is 1130 g/mol. The Kier molecular flexibility index (Phi) is 20.4. The van der Waals surface area contributed by atoms with Crippen LogP contribution in [0.2, 0.25) is 0 Å². The Morgan fingerprint density at radius 2 is 1.45 bits per heavy atom. The zero-order chi connectivity index (χ0) is 56.4. The third-order valence-electron chi connectivity index (χ3n) is 13.3. The molecule has 6 N–H and O–H groups in total. The number of aliphatic imine (C=N–C) groups is 1. The molecule has 1 aliphatic carbocycles. The highest BCUT2D eigenvalue weighted by Crippen LogP contribution is 2.49. The van der Waals surface area contributed by atoms with Crippen LogP contribution in [0.15, 0.2) is 128 Å². The van der Waals surface area contributed by atoms with Gasteiger partial charge in [-0.3, -0.25) is 28.0 Å². The molecule has 76 heavy (non-hydrogen) atoms. The Balaban J connectivity index is 1.64. The molecule has 0 aromatic heterocycles. The molecule has 3 aromatic rings. The number of ether oxygens (including phenoxy) is 1. The number of fused-ring (bicyclic) bond motifs is 1. The van der Waals surface area contributed by atoms with E-state index in [0.29, 0.717) is 83.0 Å². The lowest BCUT2D eigenvalue weighted by molar-refractivity contribution is -0.141. The lowest BCUT2D eigenvalue weighted by Gasteiger charge is -2.28. The fourth-order valence-corrected chi connectivity index (χ4v) is 11.2. The normalized spacial score (nSPS) is 17.2. The van der Waals surface area contributed by atoms with Crippen LogP contribution in [0.4, 0.5) is 5.69 Å². The van der Waals surface area contributed by atoms with Crippen LogP contribution in [0.25, 0.3) is 0 Å². The largest absolute Gasteiger partial charge is 0.480 e. The topological polar surface area (TPSA) is 309 Å². The minimum absolute atomic E-state index is 0.00446. The molecule has 416 valence electrons. The molecule has 0 saturated heterocycles. The molecule has 1 heterocycles. The van der Waals surface area contributed by atoms with Gasteiger partial charge in [-0.2, -0.15) is 33.7 Å². The second-order valence-corrected chi connectivity index (χ2v) is 26.4. The summed E-state index contributed by atoms with van der Waals surface area (Å²) in [6, 6.07) is 15.6. The molecule has 1 amide bonds. The first kappa shape index (κ1) is 61.3. The summed E-state index contributed by atoms with van der Waals surface area (Å²) in [4.78, 5) is 31.0. The van der Waals surface area contributed by atoms with Crippen LogP contribution >= 0.6 is 0 Å². The van der Waals surface area contributed by atoms with Crippen molar-refractivity contribution >= 4 is 63.7 Å². The highest BCUT2D eigenvalue weighted by Gasteiger charge is 2.41. The van der Waals surface area contributed by atoms with Gasteiger partial charge in [0.15, 0.2) is 0 Å². The van der Waals surface area contributed by atoms with E-state index in [1.54, 1.807) is 42.5 Å². The molecule has 5 rings (SSSR count). The molecule has 1 unspecified atom stereocenters. The van der Waals surface area contributed by atoms with Crippen molar-refractivity contribution in [1.82, 2.24) is 5.32 Å². The molecule has 0 bridgehead atoms. The van der Waals surface area contributed by atoms with Crippen LogP contribution in [-0.2, 0) is 67.3 Å². The van der Waals surface area contributed by atoms with E-state index >= 15 is 0 Å². The summed E-state index contributed by atoms with van der Waals surface area (Å²) in [6.07, 6.45) is 10.6. The molecule has 1 aliphatic heterocycles. The Morgan fingerprint density at radius 3 is 2.05 bits per heavy atom. The molecule has 23 heteroatoms. The fourth-order valence-electron chi connectivity index (χ4n) is 9.00. The maximum Gasteiger partial charge on any atom is 0.326 e. The molecule has 0 fully saturated rings. The zero-order valence-corrected chi connectivity index (χ0v) is 46.7. The van der Waals surface area contributed by atoms with E-state index in [0.717, 1.165) is 5.57 Å². The first-order chi connectivity index (χ1) is 35.3. The number of hydrogen-bond acceptors (Lipinski definition) is 13. The fraction of sp³-hybridized carbons (Fsp3) is 0.453. The van der Waals surface area contributed by atoms with Crippen LogP contribution in [-0.4, -0.2) is 105 Å². The third kappa shape index (κ3) is 17.5. The Hall–Kier alpha value is -5.53. The number of rotatable bonds is 26. The van der Waals surface area contributed by atoms with Gasteiger partial charge in [0, 0.05) is 53.9 Å². The number of nitrogens with zero attached hydrogens (tertiary/aromatic N) is 2. The van der Waals surface area contributed by atoms with Gasteiger partial charge >= 0.3 is 5.97 Å². The lowest BCUT2D eigenvalue weighted by Crippen LogP contribution is -2.42. The van der Waals surface area contributed by atoms with E-state index in [1.807, 2.05) is 64.7 Å². The highest BCUT2D eigenvalue weighted by molar-refractivity contribution is 7.86. The number of aliphatic carboxylic acids is 1.